The number of benzene rings is 2. The largest absolute Gasteiger partial charge is 0.371 e. The molecule has 2 aromatic carbocycles. The Morgan fingerprint density at radius 3 is 2.87 bits per heavy atom. The van der Waals surface area contributed by atoms with Gasteiger partial charge < -0.3 is 14.6 Å². The van der Waals surface area contributed by atoms with E-state index in [2.05, 4.69) is 34.3 Å². The minimum absolute atomic E-state index is 0.0842. The monoisotopic (exact) mass is 428 g/mol. The number of likely N-dealkylation sites (N-methyl/N-ethyl adjacent to an activating group) is 1. The number of anilines is 2. The SMILES string of the molecule is CCN1CCc2ccc(NC(=O)c3ccccc3SCc3cn4ccccc4n3)cc21. The summed E-state index contributed by atoms with van der Waals surface area (Å²) in [4.78, 5) is 21.0. The van der Waals surface area contributed by atoms with Crippen LogP contribution in [-0.4, -0.2) is 28.4 Å². The molecular formula is C25H24N4OS. The molecule has 1 aliphatic heterocycles. The van der Waals surface area contributed by atoms with Gasteiger partial charge in [0, 0.05) is 47.5 Å². The predicted octanol–water partition coefficient (Wildman–Crippen LogP) is 5.26. The van der Waals surface area contributed by atoms with Gasteiger partial charge in [-0.1, -0.05) is 24.3 Å². The van der Waals surface area contributed by atoms with Gasteiger partial charge in [0.1, 0.15) is 5.65 Å². The summed E-state index contributed by atoms with van der Waals surface area (Å²) < 4.78 is 2.02. The van der Waals surface area contributed by atoms with Gasteiger partial charge in [0.2, 0.25) is 0 Å². The number of carbonyl (C=O) groups is 1. The van der Waals surface area contributed by atoms with Crippen molar-refractivity contribution in [3.05, 3.63) is 89.9 Å². The van der Waals surface area contributed by atoms with Crippen molar-refractivity contribution in [1.29, 1.82) is 0 Å². The van der Waals surface area contributed by atoms with Crippen LogP contribution in [0.3, 0.4) is 0 Å². The maximum absolute atomic E-state index is 13.1. The Balaban J connectivity index is 1.32. The molecule has 1 N–H and O–H groups in total. The van der Waals surface area contributed by atoms with Crippen LogP contribution in [0.1, 0.15) is 28.5 Å². The van der Waals surface area contributed by atoms with Gasteiger partial charge in [-0.05, 0) is 55.3 Å². The van der Waals surface area contributed by atoms with Crippen molar-refractivity contribution in [2.45, 2.75) is 24.0 Å². The van der Waals surface area contributed by atoms with Crippen molar-refractivity contribution in [2.75, 3.05) is 23.3 Å². The van der Waals surface area contributed by atoms with E-state index >= 15 is 0 Å². The van der Waals surface area contributed by atoms with Crippen LogP contribution in [0, 0.1) is 0 Å². The number of fused-ring (bicyclic) bond motifs is 2. The fourth-order valence-electron chi connectivity index (χ4n) is 4.04. The summed E-state index contributed by atoms with van der Waals surface area (Å²) in [5.74, 6) is 0.620. The highest BCUT2D eigenvalue weighted by molar-refractivity contribution is 7.98. The molecule has 6 heteroatoms. The van der Waals surface area contributed by atoms with E-state index in [-0.39, 0.29) is 5.91 Å². The van der Waals surface area contributed by atoms with Crippen LogP contribution in [0.4, 0.5) is 11.4 Å². The van der Waals surface area contributed by atoms with Crippen molar-refractivity contribution in [1.82, 2.24) is 9.38 Å². The van der Waals surface area contributed by atoms with E-state index in [9.17, 15) is 4.79 Å². The molecule has 0 radical (unpaired) electrons. The van der Waals surface area contributed by atoms with E-state index in [1.165, 1.54) is 11.3 Å². The van der Waals surface area contributed by atoms with Crippen molar-refractivity contribution in [3.8, 4) is 0 Å². The van der Waals surface area contributed by atoms with Gasteiger partial charge in [-0.15, -0.1) is 11.8 Å². The van der Waals surface area contributed by atoms with E-state index < -0.39 is 0 Å². The van der Waals surface area contributed by atoms with E-state index in [1.807, 2.05) is 65.3 Å². The Labute approximate surface area is 186 Å². The third-order valence-corrected chi connectivity index (χ3v) is 6.74. The molecule has 0 aliphatic carbocycles. The Hall–Kier alpha value is -3.25. The second-order valence-electron chi connectivity index (χ2n) is 7.61. The van der Waals surface area contributed by atoms with Crippen LogP contribution in [-0.2, 0) is 12.2 Å². The molecule has 5 nitrogen and oxygen atoms in total. The molecule has 3 heterocycles. The van der Waals surface area contributed by atoms with Gasteiger partial charge in [0.25, 0.3) is 5.91 Å². The molecular weight excluding hydrogens is 404 g/mol. The lowest BCUT2D eigenvalue weighted by Crippen LogP contribution is -2.19. The molecule has 0 spiro atoms. The number of nitrogens with zero attached hydrogens (tertiary/aromatic N) is 3. The highest BCUT2D eigenvalue weighted by Gasteiger charge is 2.19. The molecule has 0 unspecified atom stereocenters. The Morgan fingerprint density at radius 1 is 1.13 bits per heavy atom. The van der Waals surface area contributed by atoms with Gasteiger partial charge in [-0.25, -0.2) is 4.98 Å². The molecule has 0 saturated carbocycles. The molecule has 0 bridgehead atoms. The van der Waals surface area contributed by atoms with E-state index in [1.54, 1.807) is 11.8 Å². The summed E-state index contributed by atoms with van der Waals surface area (Å²) in [5.41, 5.74) is 6.03. The summed E-state index contributed by atoms with van der Waals surface area (Å²) in [6.07, 6.45) is 5.10. The number of aromatic nitrogens is 2. The lowest BCUT2D eigenvalue weighted by Gasteiger charge is -2.17. The smallest absolute Gasteiger partial charge is 0.256 e. The van der Waals surface area contributed by atoms with Crippen LogP contribution in [0.25, 0.3) is 5.65 Å². The molecule has 5 rings (SSSR count). The number of hydrogen-bond acceptors (Lipinski definition) is 4. The summed E-state index contributed by atoms with van der Waals surface area (Å²) >= 11 is 1.63. The molecule has 31 heavy (non-hydrogen) atoms. The summed E-state index contributed by atoms with van der Waals surface area (Å²) in [7, 11) is 0. The molecule has 2 aromatic heterocycles. The minimum Gasteiger partial charge on any atom is -0.371 e. The number of thioether (sulfide) groups is 1. The summed E-state index contributed by atoms with van der Waals surface area (Å²) in [5, 5.41) is 3.09. The van der Waals surface area contributed by atoms with Crippen molar-refractivity contribution in [3.63, 3.8) is 0 Å². The topological polar surface area (TPSA) is 49.6 Å². The molecule has 4 aromatic rings. The third kappa shape index (κ3) is 4.03. The van der Waals surface area contributed by atoms with Crippen LogP contribution >= 0.6 is 11.8 Å². The fourth-order valence-corrected chi connectivity index (χ4v) is 4.97. The highest BCUT2D eigenvalue weighted by Crippen LogP contribution is 2.31. The number of nitrogens with one attached hydrogen (secondary N) is 1. The van der Waals surface area contributed by atoms with Crippen molar-refractivity contribution < 1.29 is 4.79 Å². The number of amides is 1. The molecule has 0 fully saturated rings. The lowest BCUT2D eigenvalue weighted by atomic mass is 10.1. The number of hydrogen-bond donors (Lipinski definition) is 1. The van der Waals surface area contributed by atoms with E-state index in [4.69, 9.17) is 0 Å². The Kier molecular flexibility index (Phi) is 5.38. The van der Waals surface area contributed by atoms with E-state index in [0.717, 1.165) is 41.4 Å². The zero-order valence-corrected chi connectivity index (χ0v) is 18.2. The van der Waals surface area contributed by atoms with Gasteiger partial charge in [-0.2, -0.15) is 0 Å². The minimum atomic E-state index is -0.0842. The average molecular weight is 429 g/mol. The number of pyridine rings is 1. The van der Waals surface area contributed by atoms with Crippen molar-refractivity contribution in [2.24, 2.45) is 0 Å². The zero-order chi connectivity index (χ0) is 21.2. The average Bonchev–Trinajstić information content (AvgIpc) is 3.41. The standard InChI is InChI=1S/C25H24N4OS/c1-2-28-14-12-18-10-11-19(15-22(18)28)27-25(30)21-7-3-4-8-23(21)31-17-20-16-29-13-6-5-9-24(29)26-20/h3-11,13,15-16H,2,12,14,17H2,1H3,(H,27,30). The van der Waals surface area contributed by atoms with Gasteiger partial charge in [0.05, 0.1) is 11.3 Å². The third-order valence-electron chi connectivity index (χ3n) is 5.64. The highest BCUT2D eigenvalue weighted by atomic mass is 32.2. The Morgan fingerprint density at radius 2 is 2.00 bits per heavy atom. The van der Waals surface area contributed by atoms with Crippen LogP contribution in [0.15, 0.2) is 78.0 Å². The Bertz CT molecular complexity index is 1220. The van der Waals surface area contributed by atoms with Crippen molar-refractivity contribution >= 4 is 34.7 Å². The lowest BCUT2D eigenvalue weighted by molar-refractivity contribution is 0.102. The van der Waals surface area contributed by atoms with Gasteiger partial charge in [0.15, 0.2) is 0 Å². The normalized spacial score (nSPS) is 12.9. The van der Waals surface area contributed by atoms with Gasteiger partial charge in [-0.3, -0.25) is 4.79 Å². The first-order valence-electron chi connectivity index (χ1n) is 10.5. The maximum atomic E-state index is 13.1. The zero-order valence-electron chi connectivity index (χ0n) is 17.4. The molecule has 1 aliphatic rings. The molecule has 1 amide bonds. The first-order chi connectivity index (χ1) is 15.2. The molecule has 0 saturated heterocycles. The molecule has 0 atom stereocenters. The summed E-state index contributed by atoms with van der Waals surface area (Å²) in [6.45, 7) is 4.19. The number of imidazole rings is 1. The first-order valence-corrected chi connectivity index (χ1v) is 11.5. The summed E-state index contributed by atoms with van der Waals surface area (Å²) in [6, 6.07) is 19.9. The number of rotatable bonds is 6. The van der Waals surface area contributed by atoms with Gasteiger partial charge >= 0.3 is 0 Å². The van der Waals surface area contributed by atoms with Crippen LogP contribution < -0.4 is 10.2 Å². The quantitative estimate of drug-likeness (QED) is 0.426. The molecule has 156 valence electrons. The fraction of sp³-hybridized carbons (Fsp3) is 0.200. The van der Waals surface area contributed by atoms with E-state index in [0.29, 0.717) is 11.3 Å². The number of carbonyl (C=O) groups excluding carboxylic acids is 1. The maximum Gasteiger partial charge on any atom is 0.256 e. The van der Waals surface area contributed by atoms with Crippen LogP contribution in [0.2, 0.25) is 0 Å². The first kappa shape index (κ1) is 19.7. The van der Waals surface area contributed by atoms with Crippen LogP contribution in [0.5, 0.6) is 0 Å². The predicted molar refractivity (Wildman–Crippen MR) is 127 cm³/mol. The second-order valence-corrected chi connectivity index (χ2v) is 8.63. The second kappa shape index (κ2) is 8.47.